The number of carboxylic acids is 1. The van der Waals surface area contributed by atoms with Gasteiger partial charge in [-0.25, -0.2) is 9.18 Å². The fraction of sp³-hybridized carbons (Fsp3) is 0.300. The number of aliphatic carboxylic acids is 1. The lowest BCUT2D eigenvalue weighted by molar-refractivity contribution is -0.136. The SMILES string of the molecule is CC(C)(C)OC(=O)N1CC[C@]2(C(=O)Nc3ccccc32)[C@H]1c1cc(F)cc(-c2ccc(CC(=O)O)c(Cl)c2)c1. The zero-order valence-electron chi connectivity index (χ0n) is 21.8. The van der Waals surface area contributed by atoms with Crippen molar-refractivity contribution < 1.29 is 28.6 Å². The van der Waals surface area contributed by atoms with Gasteiger partial charge in [-0.3, -0.25) is 14.5 Å². The molecule has 2 heterocycles. The Morgan fingerprint density at radius 3 is 2.56 bits per heavy atom. The van der Waals surface area contributed by atoms with Crippen LogP contribution >= 0.6 is 11.6 Å². The minimum absolute atomic E-state index is 0.239. The van der Waals surface area contributed by atoms with E-state index >= 15 is 4.39 Å². The molecule has 0 bridgehead atoms. The van der Waals surface area contributed by atoms with Gasteiger partial charge in [0.25, 0.3) is 0 Å². The summed E-state index contributed by atoms with van der Waals surface area (Å²) in [5.74, 6) is -1.82. The van der Waals surface area contributed by atoms with Crippen molar-refractivity contribution in [3.05, 3.63) is 88.2 Å². The van der Waals surface area contributed by atoms with Crippen molar-refractivity contribution in [2.24, 2.45) is 0 Å². The number of nitrogens with one attached hydrogen (secondary N) is 1. The second-order valence-corrected chi connectivity index (χ2v) is 11.4. The van der Waals surface area contributed by atoms with Crippen LogP contribution in [0.4, 0.5) is 14.9 Å². The molecule has 2 N–H and O–H groups in total. The third-order valence-corrected chi connectivity index (χ3v) is 7.53. The number of likely N-dealkylation sites (tertiary alicyclic amines) is 1. The molecule has 1 fully saturated rings. The van der Waals surface area contributed by atoms with Crippen LogP contribution in [-0.2, 0) is 26.2 Å². The average Bonchev–Trinajstić information content (AvgIpc) is 3.38. The molecule has 1 spiro atoms. The first-order valence-electron chi connectivity index (χ1n) is 12.6. The van der Waals surface area contributed by atoms with E-state index in [1.165, 1.54) is 17.0 Å². The Balaban J connectivity index is 1.65. The molecule has 2 aliphatic rings. The lowest BCUT2D eigenvalue weighted by Gasteiger charge is -2.35. The summed E-state index contributed by atoms with van der Waals surface area (Å²) >= 11 is 6.35. The number of amides is 2. The number of anilines is 1. The van der Waals surface area contributed by atoms with Crippen LogP contribution in [0.1, 0.15) is 49.9 Å². The highest BCUT2D eigenvalue weighted by Gasteiger charge is 2.60. The van der Waals surface area contributed by atoms with Crippen molar-refractivity contribution in [1.29, 1.82) is 0 Å². The number of carboxylic acid groups (broad SMARTS) is 1. The fourth-order valence-corrected chi connectivity index (χ4v) is 5.88. The molecule has 5 rings (SSSR count). The Hall–Kier alpha value is -3.91. The van der Waals surface area contributed by atoms with Gasteiger partial charge in [-0.05, 0) is 85.3 Å². The van der Waals surface area contributed by atoms with Crippen LogP contribution in [0, 0.1) is 5.82 Å². The fourth-order valence-electron chi connectivity index (χ4n) is 5.64. The van der Waals surface area contributed by atoms with Crippen molar-refractivity contribution in [3.8, 4) is 11.1 Å². The quantitative estimate of drug-likeness (QED) is 0.395. The number of hydrogen-bond donors (Lipinski definition) is 2. The summed E-state index contributed by atoms with van der Waals surface area (Å²) in [4.78, 5) is 39.7. The van der Waals surface area contributed by atoms with Crippen molar-refractivity contribution in [2.45, 2.75) is 50.7 Å². The number of hydrogen-bond acceptors (Lipinski definition) is 4. The number of nitrogens with zero attached hydrogens (tertiary/aromatic N) is 1. The first-order chi connectivity index (χ1) is 18.4. The number of benzene rings is 3. The largest absolute Gasteiger partial charge is 0.481 e. The van der Waals surface area contributed by atoms with Crippen molar-refractivity contribution in [1.82, 2.24) is 4.90 Å². The van der Waals surface area contributed by atoms with Crippen LogP contribution < -0.4 is 5.32 Å². The number of rotatable bonds is 4. The maximum absolute atomic E-state index is 15.2. The normalized spacial score (nSPS) is 20.2. The van der Waals surface area contributed by atoms with Crippen molar-refractivity contribution in [2.75, 3.05) is 11.9 Å². The van der Waals surface area contributed by atoms with Gasteiger partial charge in [0.1, 0.15) is 16.8 Å². The highest BCUT2D eigenvalue weighted by Crippen LogP contribution is 2.55. The van der Waals surface area contributed by atoms with Crippen LogP contribution in [0.25, 0.3) is 11.1 Å². The molecule has 0 saturated carbocycles. The summed E-state index contributed by atoms with van der Waals surface area (Å²) in [5.41, 5.74) is 1.43. The van der Waals surface area contributed by atoms with Crippen LogP contribution in [0.3, 0.4) is 0 Å². The van der Waals surface area contributed by atoms with E-state index in [4.69, 9.17) is 21.4 Å². The minimum atomic E-state index is -1.14. The Morgan fingerprint density at radius 1 is 1.13 bits per heavy atom. The molecule has 0 aromatic heterocycles. The van der Waals surface area contributed by atoms with Crippen LogP contribution in [0.5, 0.6) is 0 Å². The highest BCUT2D eigenvalue weighted by atomic mass is 35.5. The molecule has 9 heteroatoms. The summed E-state index contributed by atoms with van der Waals surface area (Å²) in [6.07, 6.45) is -0.493. The lowest BCUT2D eigenvalue weighted by atomic mass is 9.72. The van der Waals surface area contributed by atoms with Gasteiger partial charge in [0.05, 0.1) is 12.5 Å². The molecule has 0 radical (unpaired) electrons. The summed E-state index contributed by atoms with van der Waals surface area (Å²) in [6.45, 7) is 5.53. The minimum Gasteiger partial charge on any atom is -0.481 e. The maximum atomic E-state index is 15.2. The van der Waals surface area contributed by atoms with E-state index in [1.54, 1.807) is 45.0 Å². The van der Waals surface area contributed by atoms with Crippen molar-refractivity contribution in [3.63, 3.8) is 0 Å². The summed E-state index contributed by atoms with van der Waals surface area (Å²) in [7, 11) is 0. The Kier molecular flexibility index (Phi) is 6.63. The molecule has 202 valence electrons. The summed E-state index contributed by atoms with van der Waals surface area (Å²) < 4.78 is 20.9. The summed E-state index contributed by atoms with van der Waals surface area (Å²) in [6, 6.07) is 15.8. The van der Waals surface area contributed by atoms with E-state index in [-0.39, 0.29) is 23.9 Å². The molecule has 0 unspecified atom stereocenters. The van der Waals surface area contributed by atoms with Gasteiger partial charge >= 0.3 is 12.1 Å². The van der Waals surface area contributed by atoms with Gasteiger partial charge in [-0.1, -0.05) is 41.9 Å². The summed E-state index contributed by atoms with van der Waals surface area (Å²) in [5, 5.41) is 12.3. The predicted molar refractivity (Wildman–Crippen MR) is 145 cm³/mol. The van der Waals surface area contributed by atoms with Crippen LogP contribution in [-0.4, -0.2) is 40.1 Å². The molecular weight excluding hydrogens is 523 g/mol. The number of ether oxygens (including phenoxy) is 1. The number of carbonyl (C=O) groups excluding carboxylic acids is 2. The maximum Gasteiger partial charge on any atom is 0.410 e. The Morgan fingerprint density at radius 2 is 1.87 bits per heavy atom. The third kappa shape index (κ3) is 4.85. The average molecular weight is 551 g/mol. The second kappa shape index (κ2) is 9.68. The molecule has 2 amide bonds. The van der Waals surface area contributed by atoms with Gasteiger partial charge in [-0.2, -0.15) is 0 Å². The van der Waals surface area contributed by atoms with Gasteiger partial charge in [0, 0.05) is 17.3 Å². The lowest BCUT2D eigenvalue weighted by Crippen LogP contribution is -2.44. The molecule has 0 aliphatic carbocycles. The van der Waals surface area contributed by atoms with E-state index in [0.717, 1.165) is 5.56 Å². The topological polar surface area (TPSA) is 95.9 Å². The molecular formula is C30H28ClFN2O5. The molecule has 3 aromatic carbocycles. The number of carbonyl (C=O) groups is 3. The van der Waals surface area contributed by atoms with Crippen LogP contribution in [0.2, 0.25) is 5.02 Å². The van der Waals surface area contributed by atoms with E-state index in [9.17, 15) is 14.4 Å². The monoisotopic (exact) mass is 550 g/mol. The standard InChI is InChI=1S/C30H28ClFN2O5/c1-29(2,3)39-28(38)34-11-10-30(22-6-4-5-7-24(22)33-27(30)37)26(34)20-12-19(13-21(32)14-20)17-8-9-18(16-25(35)36)23(31)15-17/h4-9,12-15,26H,10-11,16H2,1-3H3,(H,33,37)(H,35,36)/t26-,30-/m1/s1. The zero-order chi connectivity index (χ0) is 28.1. The van der Waals surface area contributed by atoms with Gasteiger partial charge in [0.15, 0.2) is 0 Å². The zero-order valence-corrected chi connectivity index (χ0v) is 22.5. The predicted octanol–water partition coefficient (Wildman–Crippen LogP) is 6.35. The van der Waals surface area contributed by atoms with E-state index in [1.807, 2.05) is 24.3 Å². The first kappa shape index (κ1) is 26.7. The van der Waals surface area contributed by atoms with Gasteiger partial charge in [0.2, 0.25) is 5.91 Å². The molecule has 39 heavy (non-hydrogen) atoms. The molecule has 3 aromatic rings. The van der Waals surface area contributed by atoms with Gasteiger partial charge in [-0.15, -0.1) is 0 Å². The van der Waals surface area contributed by atoms with Gasteiger partial charge < -0.3 is 15.2 Å². The molecule has 2 aliphatic heterocycles. The number of fused-ring (bicyclic) bond motifs is 2. The highest BCUT2D eigenvalue weighted by molar-refractivity contribution is 6.31. The second-order valence-electron chi connectivity index (χ2n) is 10.9. The number of halogens is 2. The van der Waals surface area contributed by atoms with E-state index < -0.39 is 34.9 Å². The third-order valence-electron chi connectivity index (χ3n) is 7.18. The smallest absolute Gasteiger partial charge is 0.410 e. The van der Waals surface area contributed by atoms with Crippen LogP contribution in [0.15, 0.2) is 60.7 Å². The molecule has 1 saturated heterocycles. The van der Waals surface area contributed by atoms with E-state index in [0.29, 0.717) is 34.4 Å². The van der Waals surface area contributed by atoms with Crippen molar-refractivity contribution >= 4 is 35.3 Å². The molecule has 2 atom stereocenters. The number of para-hydroxylation sites is 1. The molecule has 7 nitrogen and oxygen atoms in total. The Bertz CT molecular complexity index is 1500. The van der Waals surface area contributed by atoms with E-state index in [2.05, 4.69) is 5.32 Å². The Labute approximate surface area is 230 Å². The first-order valence-corrected chi connectivity index (χ1v) is 13.0.